The molecule has 0 heterocycles. The van der Waals surface area contributed by atoms with Crippen molar-refractivity contribution in [1.82, 2.24) is 5.32 Å². The van der Waals surface area contributed by atoms with Crippen LogP contribution in [0.15, 0.2) is 40.9 Å². The number of aromatic hydroxyl groups is 1. The van der Waals surface area contributed by atoms with E-state index in [2.05, 4.69) is 21.2 Å². The van der Waals surface area contributed by atoms with Crippen LogP contribution in [-0.4, -0.2) is 5.11 Å². The molecule has 0 aliphatic rings. The second kappa shape index (κ2) is 6.12. The number of rotatable bonds is 4. The predicted molar refractivity (Wildman–Crippen MR) is 72.7 cm³/mol. The van der Waals surface area contributed by atoms with E-state index in [1.807, 2.05) is 0 Å². The maximum Gasteiger partial charge on any atom is 0.127 e. The Balaban J connectivity index is 1.98. The van der Waals surface area contributed by atoms with Crippen molar-refractivity contribution in [3.05, 3.63) is 63.6 Å². The minimum atomic E-state index is -0.483. The van der Waals surface area contributed by atoms with Gasteiger partial charge in [-0.3, -0.25) is 0 Å². The highest BCUT2D eigenvalue weighted by molar-refractivity contribution is 9.10. The summed E-state index contributed by atoms with van der Waals surface area (Å²) in [5, 5.41) is 12.3. The van der Waals surface area contributed by atoms with Crippen LogP contribution in [0.1, 0.15) is 11.1 Å². The maximum atomic E-state index is 13.1. The van der Waals surface area contributed by atoms with Crippen LogP contribution < -0.4 is 5.32 Å². The van der Waals surface area contributed by atoms with E-state index in [0.717, 1.165) is 16.1 Å². The molecular weight excluding hydrogens is 316 g/mol. The van der Waals surface area contributed by atoms with Gasteiger partial charge >= 0.3 is 0 Å². The van der Waals surface area contributed by atoms with E-state index in [1.165, 1.54) is 24.3 Å². The van der Waals surface area contributed by atoms with E-state index in [0.29, 0.717) is 18.7 Å². The van der Waals surface area contributed by atoms with Crippen molar-refractivity contribution < 1.29 is 13.9 Å². The maximum absolute atomic E-state index is 13.1. The molecule has 0 spiro atoms. The minimum absolute atomic E-state index is 0.108. The van der Waals surface area contributed by atoms with Crippen molar-refractivity contribution >= 4 is 15.9 Å². The molecule has 0 amide bonds. The fraction of sp³-hybridized carbons (Fsp3) is 0.143. The Labute approximate surface area is 118 Å². The average molecular weight is 328 g/mol. The zero-order valence-corrected chi connectivity index (χ0v) is 11.5. The normalized spacial score (nSPS) is 10.7. The van der Waals surface area contributed by atoms with Gasteiger partial charge in [-0.25, -0.2) is 8.78 Å². The molecule has 19 heavy (non-hydrogen) atoms. The Hall–Kier alpha value is -1.46. The van der Waals surface area contributed by atoms with Crippen LogP contribution in [0.5, 0.6) is 5.75 Å². The highest BCUT2D eigenvalue weighted by atomic mass is 79.9. The summed E-state index contributed by atoms with van der Waals surface area (Å²) in [5.74, 6) is -0.893. The lowest BCUT2D eigenvalue weighted by Gasteiger charge is -2.08. The highest BCUT2D eigenvalue weighted by Crippen LogP contribution is 2.18. The minimum Gasteiger partial charge on any atom is -0.508 e. The molecule has 0 saturated carbocycles. The zero-order chi connectivity index (χ0) is 13.8. The summed E-state index contributed by atoms with van der Waals surface area (Å²) in [6.07, 6.45) is 0. The molecule has 0 radical (unpaired) electrons. The average Bonchev–Trinajstić information content (AvgIpc) is 2.32. The van der Waals surface area contributed by atoms with Crippen LogP contribution in [0.3, 0.4) is 0 Å². The van der Waals surface area contributed by atoms with Gasteiger partial charge in [0.25, 0.3) is 0 Å². The standard InChI is InChI=1S/C14H12BrF2NO/c15-14-2-1-11(16)5-10(14)8-18-7-9-3-12(17)6-13(19)4-9/h1-6,18-19H,7-8H2. The summed E-state index contributed by atoms with van der Waals surface area (Å²) < 4.78 is 26.9. The number of hydrogen-bond donors (Lipinski definition) is 2. The van der Waals surface area contributed by atoms with Gasteiger partial charge in [-0.1, -0.05) is 15.9 Å². The molecule has 0 saturated heterocycles. The molecule has 0 aliphatic heterocycles. The number of nitrogens with one attached hydrogen (secondary N) is 1. The Morgan fingerprint density at radius 3 is 2.53 bits per heavy atom. The van der Waals surface area contributed by atoms with Crippen molar-refractivity contribution in [1.29, 1.82) is 0 Å². The van der Waals surface area contributed by atoms with Crippen molar-refractivity contribution in [3.63, 3.8) is 0 Å². The first-order valence-corrected chi connectivity index (χ1v) is 6.47. The summed E-state index contributed by atoms with van der Waals surface area (Å²) in [6.45, 7) is 0.823. The van der Waals surface area contributed by atoms with Gasteiger partial charge in [0.15, 0.2) is 0 Å². The number of phenolic OH excluding ortho intramolecular Hbond substituents is 1. The summed E-state index contributed by atoms with van der Waals surface area (Å²) in [6, 6.07) is 8.31. The van der Waals surface area contributed by atoms with Crippen LogP contribution in [0.25, 0.3) is 0 Å². The van der Waals surface area contributed by atoms with E-state index >= 15 is 0 Å². The quantitative estimate of drug-likeness (QED) is 0.896. The van der Waals surface area contributed by atoms with E-state index in [9.17, 15) is 13.9 Å². The first-order valence-electron chi connectivity index (χ1n) is 5.67. The molecule has 2 rings (SSSR count). The number of phenols is 1. The van der Waals surface area contributed by atoms with Gasteiger partial charge in [0.1, 0.15) is 17.4 Å². The lowest BCUT2D eigenvalue weighted by molar-refractivity contribution is 0.467. The van der Waals surface area contributed by atoms with Gasteiger partial charge in [0.05, 0.1) is 0 Å². The van der Waals surface area contributed by atoms with Crippen LogP contribution in [0.4, 0.5) is 8.78 Å². The number of benzene rings is 2. The predicted octanol–water partition coefficient (Wildman–Crippen LogP) is 3.72. The molecule has 0 aromatic heterocycles. The van der Waals surface area contributed by atoms with Crippen molar-refractivity contribution in [2.24, 2.45) is 0 Å². The van der Waals surface area contributed by atoms with E-state index in [1.54, 1.807) is 6.07 Å². The topological polar surface area (TPSA) is 32.3 Å². The lowest BCUT2D eigenvalue weighted by Crippen LogP contribution is -2.13. The monoisotopic (exact) mass is 327 g/mol. The van der Waals surface area contributed by atoms with E-state index in [-0.39, 0.29) is 11.6 Å². The fourth-order valence-electron chi connectivity index (χ4n) is 1.76. The molecule has 0 fully saturated rings. The molecule has 100 valence electrons. The second-order valence-corrected chi connectivity index (χ2v) is 5.01. The molecule has 5 heteroatoms. The summed E-state index contributed by atoms with van der Waals surface area (Å²) in [7, 11) is 0. The van der Waals surface area contributed by atoms with E-state index < -0.39 is 5.82 Å². The first-order chi connectivity index (χ1) is 9.04. The Kier molecular flexibility index (Phi) is 4.50. The smallest absolute Gasteiger partial charge is 0.127 e. The third-order valence-corrected chi connectivity index (χ3v) is 3.37. The molecule has 2 N–H and O–H groups in total. The van der Waals surface area contributed by atoms with Crippen molar-refractivity contribution in [2.45, 2.75) is 13.1 Å². The molecule has 2 aromatic rings. The summed E-state index contributed by atoms with van der Waals surface area (Å²) >= 11 is 3.33. The Bertz CT molecular complexity index is 569. The SMILES string of the molecule is Oc1cc(F)cc(CNCc2cc(F)ccc2Br)c1. The molecule has 0 unspecified atom stereocenters. The van der Waals surface area contributed by atoms with Gasteiger partial charge < -0.3 is 10.4 Å². The molecule has 2 aromatic carbocycles. The van der Waals surface area contributed by atoms with Crippen LogP contribution >= 0.6 is 15.9 Å². The lowest BCUT2D eigenvalue weighted by atomic mass is 10.2. The molecule has 0 atom stereocenters. The van der Waals surface area contributed by atoms with Gasteiger partial charge in [-0.15, -0.1) is 0 Å². The Morgan fingerprint density at radius 1 is 1.00 bits per heavy atom. The second-order valence-electron chi connectivity index (χ2n) is 4.16. The third-order valence-electron chi connectivity index (χ3n) is 2.59. The van der Waals surface area contributed by atoms with Crippen molar-refractivity contribution in [3.8, 4) is 5.75 Å². The molecule has 2 nitrogen and oxygen atoms in total. The van der Waals surface area contributed by atoms with Crippen LogP contribution in [0.2, 0.25) is 0 Å². The third kappa shape index (κ3) is 4.01. The molecule has 0 bridgehead atoms. The number of hydrogen-bond acceptors (Lipinski definition) is 2. The Morgan fingerprint density at radius 2 is 1.79 bits per heavy atom. The van der Waals surface area contributed by atoms with Crippen molar-refractivity contribution in [2.75, 3.05) is 0 Å². The van der Waals surface area contributed by atoms with Gasteiger partial charge in [-0.2, -0.15) is 0 Å². The largest absolute Gasteiger partial charge is 0.508 e. The van der Waals surface area contributed by atoms with Crippen LogP contribution in [-0.2, 0) is 13.1 Å². The fourth-order valence-corrected chi connectivity index (χ4v) is 2.14. The first kappa shape index (κ1) is 14.0. The van der Waals surface area contributed by atoms with Gasteiger partial charge in [0, 0.05) is 23.6 Å². The summed E-state index contributed by atoms with van der Waals surface area (Å²) in [5.41, 5.74) is 1.41. The van der Waals surface area contributed by atoms with Gasteiger partial charge in [-0.05, 0) is 41.5 Å². The molecule has 0 aliphatic carbocycles. The summed E-state index contributed by atoms with van der Waals surface area (Å²) in [4.78, 5) is 0. The van der Waals surface area contributed by atoms with Crippen LogP contribution in [0, 0.1) is 11.6 Å². The van der Waals surface area contributed by atoms with E-state index in [4.69, 9.17) is 0 Å². The zero-order valence-electron chi connectivity index (χ0n) is 9.96. The highest BCUT2D eigenvalue weighted by Gasteiger charge is 2.03. The number of halogens is 3. The molecular formula is C14H12BrF2NO. The van der Waals surface area contributed by atoms with Gasteiger partial charge in [0.2, 0.25) is 0 Å².